The number of nitrogens with zero attached hydrogens (tertiary/aromatic N) is 1. The van der Waals surface area contributed by atoms with Gasteiger partial charge in [0.15, 0.2) is 0 Å². The number of hydrogen-bond donors (Lipinski definition) is 2. The molecule has 2 aromatic rings. The van der Waals surface area contributed by atoms with Crippen LogP contribution < -0.4 is 5.32 Å². The third-order valence-electron chi connectivity index (χ3n) is 3.19. The van der Waals surface area contributed by atoms with E-state index in [2.05, 4.69) is 17.2 Å². The molecule has 106 valence electrons. The fourth-order valence-electron chi connectivity index (χ4n) is 1.89. The molecule has 2 rings (SSSR count). The smallest absolute Gasteiger partial charge is 0.252 e. The van der Waals surface area contributed by atoms with Crippen LogP contribution in [0, 0.1) is 6.92 Å². The minimum Gasteiger partial charge on any atom is -0.508 e. The monoisotopic (exact) mass is 290 g/mol. The van der Waals surface area contributed by atoms with Gasteiger partial charge in [-0.25, -0.2) is 4.98 Å². The van der Waals surface area contributed by atoms with Crippen molar-refractivity contribution in [1.29, 1.82) is 0 Å². The molecule has 1 unspecified atom stereocenters. The van der Waals surface area contributed by atoms with Gasteiger partial charge in [-0.05, 0) is 32.4 Å². The first-order valence-electron chi connectivity index (χ1n) is 6.57. The number of nitrogens with one attached hydrogen (secondary N) is 1. The molecule has 0 radical (unpaired) electrons. The molecule has 1 atom stereocenters. The molecule has 2 N–H and O–H groups in total. The number of aromatic nitrogens is 1. The number of aromatic hydroxyl groups is 1. The van der Waals surface area contributed by atoms with Gasteiger partial charge in [0.1, 0.15) is 10.8 Å². The lowest BCUT2D eigenvalue weighted by atomic mass is 10.1. The molecule has 4 nitrogen and oxygen atoms in total. The molecule has 0 fully saturated rings. The van der Waals surface area contributed by atoms with Crippen LogP contribution in [0.3, 0.4) is 0 Å². The molecule has 1 heterocycles. The summed E-state index contributed by atoms with van der Waals surface area (Å²) in [6.07, 6.45) is 2.80. The fourth-order valence-corrected chi connectivity index (χ4v) is 2.75. The maximum atomic E-state index is 12.2. The largest absolute Gasteiger partial charge is 0.508 e. The highest BCUT2D eigenvalue weighted by Crippen LogP contribution is 2.23. The van der Waals surface area contributed by atoms with E-state index in [1.807, 2.05) is 13.1 Å². The summed E-state index contributed by atoms with van der Waals surface area (Å²) < 4.78 is 0. The molecule has 0 aliphatic rings. The third-order valence-corrected chi connectivity index (χ3v) is 4.51. The summed E-state index contributed by atoms with van der Waals surface area (Å²) in [5, 5.41) is 13.5. The molecular weight excluding hydrogens is 272 g/mol. The van der Waals surface area contributed by atoms with E-state index in [9.17, 15) is 9.90 Å². The molecule has 5 heteroatoms. The van der Waals surface area contributed by atoms with E-state index in [4.69, 9.17) is 0 Å². The quantitative estimate of drug-likeness (QED) is 0.909. The van der Waals surface area contributed by atoms with Crippen LogP contribution in [0.5, 0.6) is 5.75 Å². The highest BCUT2D eigenvalue weighted by Gasteiger charge is 2.16. The molecule has 0 aliphatic carbocycles. The first kappa shape index (κ1) is 14.5. The number of benzene rings is 1. The molecule has 1 amide bonds. The van der Waals surface area contributed by atoms with Crippen molar-refractivity contribution in [3.05, 3.63) is 45.4 Å². The van der Waals surface area contributed by atoms with E-state index in [0.717, 1.165) is 11.4 Å². The average molecular weight is 290 g/mol. The second kappa shape index (κ2) is 6.05. The zero-order valence-corrected chi connectivity index (χ0v) is 12.6. The second-order valence-electron chi connectivity index (χ2n) is 4.66. The van der Waals surface area contributed by atoms with Crippen LogP contribution in [-0.4, -0.2) is 16.0 Å². The van der Waals surface area contributed by atoms with Crippen molar-refractivity contribution in [3.63, 3.8) is 0 Å². The predicted octanol–water partition coefficient (Wildman–Crippen LogP) is 3.21. The summed E-state index contributed by atoms with van der Waals surface area (Å²) in [7, 11) is 0. The van der Waals surface area contributed by atoms with Crippen LogP contribution in [0.4, 0.5) is 0 Å². The number of aryl methyl sites for hydroxylation is 1. The van der Waals surface area contributed by atoms with Gasteiger partial charge in [-0.3, -0.25) is 4.79 Å². The van der Waals surface area contributed by atoms with Gasteiger partial charge in [0.2, 0.25) is 0 Å². The van der Waals surface area contributed by atoms with E-state index in [0.29, 0.717) is 11.1 Å². The van der Waals surface area contributed by atoms with Crippen molar-refractivity contribution in [2.45, 2.75) is 33.2 Å². The summed E-state index contributed by atoms with van der Waals surface area (Å²) in [6.45, 7) is 5.72. The van der Waals surface area contributed by atoms with Gasteiger partial charge in [0.05, 0.1) is 6.04 Å². The first-order chi connectivity index (χ1) is 9.52. The van der Waals surface area contributed by atoms with Gasteiger partial charge < -0.3 is 10.4 Å². The van der Waals surface area contributed by atoms with Crippen LogP contribution in [0.1, 0.15) is 45.7 Å². The maximum absolute atomic E-state index is 12.2. The van der Waals surface area contributed by atoms with Crippen LogP contribution >= 0.6 is 11.3 Å². The van der Waals surface area contributed by atoms with Crippen molar-refractivity contribution in [3.8, 4) is 5.75 Å². The highest BCUT2D eigenvalue weighted by molar-refractivity contribution is 7.11. The number of carbonyl (C=O) groups is 1. The van der Waals surface area contributed by atoms with Gasteiger partial charge in [-0.1, -0.05) is 13.0 Å². The lowest BCUT2D eigenvalue weighted by Crippen LogP contribution is -2.27. The van der Waals surface area contributed by atoms with Crippen LogP contribution in [0.2, 0.25) is 0 Å². The van der Waals surface area contributed by atoms with Crippen LogP contribution in [-0.2, 0) is 6.42 Å². The van der Waals surface area contributed by atoms with Crippen molar-refractivity contribution in [2.24, 2.45) is 0 Å². The number of carbonyl (C=O) groups excluding carboxylic acids is 1. The average Bonchev–Trinajstić information content (AvgIpc) is 2.90. The highest BCUT2D eigenvalue weighted by atomic mass is 32.1. The Morgan fingerprint density at radius 2 is 2.25 bits per heavy atom. The fraction of sp³-hybridized carbons (Fsp3) is 0.333. The zero-order valence-electron chi connectivity index (χ0n) is 11.8. The Kier molecular flexibility index (Phi) is 4.39. The molecule has 0 aliphatic heterocycles. The SMILES string of the molecule is CCc1cnc(C(C)NC(=O)c2cccc(O)c2C)s1. The van der Waals surface area contributed by atoms with E-state index in [-0.39, 0.29) is 17.7 Å². The summed E-state index contributed by atoms with van der Waals surface area (Å²) in [6, 6.07) is 4.80. The van der Waals surface area contributed by atoms with Crippen LogP contribution in [0.25, 0.3) is 0 Å². The standard InChI is InChI=1S/C15H18N2O2S/c1-4-11-8-16-15(20-11)10(3)17-14(19)12-6-5-7-13(18)9(12)2/h5-8,10,18H,4H2,1-3H3,(H,17,19). The van der Waals surface area contributed by atoms with Gasteiger partial charge in [0, 0.05) is 22.2 Å². The number of rotatable bonds is 4. The number of phenols is 1. The first-order valence-corrected chi connectivity index (χ1v) is 7.38. The molecule has 1 aromatic carbocycles. The minimum absolute atomic E-state index is 0.132. The Morgan fingerprint density at radius 3 is 2.90 bits per heavy atom. The number of amides is 1. The van der Waals surface area contributed by atoms with Crippen molar-refractivity contribution < 1.29 is 9.90 Å². The van der Waals surface area contributed by atoms with E-state index < -0.39 is 0 Å². The lowest BCUT2D eigenvalue weighted by molar-refractivity contribution is 0.0938. The minimum atomic E-state index is -0.195. The van der Waals surface area contributed by atoms with Gasteiger partial charge in [-0.15, -0.1) is 11.3 Å². The Hall–Kier alpha value is -1.88. The van der Waals surface area contributed by atoms with E-state index in [1.165, 1.54) is 4.88 Å². The molecular formula is C15H18N2O2S. The summed E-state index contributed by atoms with van der Waals surface area (Å²) in [4.78, 5) is 17.8. The lowest BCUT2D eigenvalue weighted by Gasteiger charge is -2.13. The maximum Gasteiger partial charge on any atom is 0.252 e. The Morgan fingerprint density at radius 1 is 1.50 bits per heavy atom. The van der Waals surface area contributed by atoms with Gasteiger partial charge in [-0.2, -0.15) is 0 Å². The zero-order chi connectivity index (χ0) is 14.7. The van der Waals surface area contributed by atoms with Crippen molar-refractivity contribution >= 4 is 17.2 Å². The predicted molar refractivity (Wildman–Crippen MR) is 80.2 cm³/mol. The summed E-state index contributed by atoms with van der Waals surface area (Å²) in [5.41, 5.74) is 1.08. The topological polar surface area (TPSA) is 62.2 Å². The number of phenolic OH excluding ortho intramolecular Hbond substituents is 1. The van der Waals surface area contributed by atoms with Gasteiger partial charge >= 0.3 is 0 Å². The molecule has 0 saturated heterocycles. The Balaban J connectivity index is 2.13. The Bertz CT molecular complexity index is 622. The molecule has 1 aromatic heterocycles. The Labute approximate surface area is 122 Å². The van der Waals surface area contributed by atoms with Gasteiger partial charge in [0.25, 0.3) is 5.91 Å². The molecule has 0 saturated carbocycles. The molecule has 20 heavy (non-hydrogen) atoms. The van der Waals surface area contributed by atoms with E-state index in [1.54, 1.807) is 36.5 Å². The van der Waals surface area contributed by atoms with Crippen LogP contribution in [0.15, 0.2) is 24.4 Å². The number of thiazole rings is 1. The van der Waals surface area contributed by atoms with E-state index >= 15 is 0 Å². The molecule has 0 spiro atoms. The summed E-state index contributed by atoms with van der Waals surface area (Å²) in [5.74, 6) is -0.0630. The normalized spacial score (nSPS) is 12.2. The third kappa shape index (κ3) is 2.99. The van der Waals surface area contributed by atoms with Crippen molar-refractivity contribution in [2.75, 3.05) is 0 Å². The second-order valence-corrected chi connectivity index (χ2v) is 5.81. The number of hydrogen-bond acceptors (Lipinski definition) is 4. The molecule has 0 bridgehead atoms. The van der Waals surface area contributed by atoms with Crippen molar-refractivity contribution in [1.82, 2.24) is 10.3 Å². The summed E-state index contributed by atoms with van der Waals surface area (Å²) >= 11 is 1.61.